The molecule has 0 N–H and O–H groups in total. The van der Waals surface area contributed by atoms with Crippen LogP contribution in [0.3, 0.4) is 0 Å². The Bertz CT molecular complexity index is 35.9. The largest absolute Gasteiger partial charge is 0.419 e. The van der Waals surface area contributed by atoms with E-state index < -0.39 is 0 Å². The average Bonchev–Trinajstić information content (AvgIpc) is 1.37. The quantitative estimate of drug-likeness (QED) is 0.364. The molecule has 0 aliphatic carbocycles. The maximum absolute atomic E-state index is 8.93. The third-order valence-electron chi connectivity index (χ3n) is 0.0833. The molecule has 0 aromatic rings. The predicted molar refractivity (Wildman–Crippen MR) is 15.9 cm³/mol. The van der Waals surface area contributed by atoms with E-state index in [1.165, 1.54) is 6.29 Å². The van der Waals surface area contributed by atoms with Crippen LogP contribution >= 0.6 is 0 Å². The molecule has 1 nitrogen and oxygen atoms in total. The molecule has 0 fully saturated rings. The smallest absolute Gasteiger partial charge is 0 e. The molecule has 0 bridgehead atoms. The van der Waals surface area contributed by atoms with E-state index in [-0.39, 0.29) is 53.6 Å². The van der Waals surface area contributed by atoms with Crippen molar-refractivity contribution in [3.8, 4) is 0 Å². The van der Waals surface area contributed by atoms with Gasteiger partial charge in [0.2, 0.25) is 0 Å². The van der Waals surface area contributed by atoms with Crippen LogP contribution in [0.4, 0.5) is 0 Å². The summed E-state index contributed by atoms with van der Waals surface area (Å²) in [6.07, 6.45) is 2.51. The predicted octanol–water partition coefficient (Wildman–Crippen LogP) is 0.275. The molecule has 0 aliphatic rings. The summed E-state index contributed by atoms with van der Waals surface area (Å²) in [5, 5.41) is 0. The Morgan fingerprint density at radius 1 is 1.57 bits per heavy atom. The van der Waals surface area contributed by atoms with Gasteiger partial charge in [-0.15, -0.1) is 0 Å². The van der Waals surface area contributed by atoms with Crippen molar-refractivity contribution < 1.29 is 58.4 Å². The van der Waals surface area contributed by atoms with Crippen LogP contribution in [0, 0.1) is 0 Å². The molecule has 0 spiro atoms. The van der Waals surface area contributed by atoms with Gasteiger partial charge in [0.25, 0.3) is 0 Å². The first-order chi connectivity index (χ1) is 1.91. The normalized spacial score (nSPS) is 2.86. The zero-order chi connectivity index (χ0) is 3.41. The molecule has 0 aromatic carbocycles. The molecule has 42 valence electrons. The Hall–Kier alpha value is 1.07. The Kier molecular flexibility index (Phi) is 96.1. The SMILES string of the molecule is C=C[C-]=O.[Cu].[Mn].[Zn]. The van der Waals surface area contributed by atoms with Gasteiger partial charge in [0.15, 0.2) is 0 Å². The first-order valence-corrected chi connectivity index (χ1v) is 0.901. The molecule has 0 rings (SSSR count). The summed E-state index contributed by atoms with van der Waals surface area (Å²) in [7, 11) is 0. The number of rotatable bonds is 1. The van der Waals surface area contributed by atoms with Crippen molar-refractivity contribution in [1.29, 1.82) is 0 Å². The van der Waals surface area contributed by atoms with Gasteiger partial charge in [0.1, 0.15) is 0 Å². The molecule has 0 unspecified atom stereocenters. The Balaban J connectivity index is -0.0000000150. The van der Waals surface area contributed by atoms with Crippen molar-refractivity contribution in [2.24, 2.45) is 0 Å². The average molecular weight is 239 g/mol. The van der Waals surface area contributed by atoms with Crippen LogP contribution in [0.25, 0.3) is 0 Å². The molecule has 0 saturated carbocycles. The molecule has 4 heteroatoms. The van der Waals surface area contributed by atoms with E-state index >= 15 is 0 Å². The monoisotopic (exact) mass is 237 g/mol. The van der Waals surface area contributed by atoms with Crippen molar-refractivity contribution in [1.82, 2.24) is 0 Å². The third kappa shape index (κ3) is 42.4. The fourth-order valence-corrected chi connectivity index (χ4v) is 0. The van der Waals surface area contributed by atoms with E-state index in [2.05, 4.69) is 6.58 Å². The minimum atomic E-state index is 0. The molecule has 0 aromatic heterocycles. The van der Waals surface area contributed by atoms with Crippen LogP contribution in [-0.2, 0) is 58.4 Å². The summed E-state index contributed by atoms with van der Waals surface area (Å²) < 4.78 is 0. The van der Waals surface area contributed by atoms with Crippen molar-refractivity contribution in [2.75, 3.05) is 0 Å². The van der Waals surface area contributed by atoms with E-state index in [1.807, 2.05) is 0 Å². The molecule has 0 atom stereocenters. The van der Waals surface area contributed by atoms with E-state index in [0.29, 0.717) is 0 Å². The van der Waals surface area contributed by atoms with Gasteiger partial charge in [-0.3, -0.25) is 0 Å². The Morgan fingerprint density at radius 2 is 1.71 bits per heavy atom. The van der Waals surface area contributed by atoms with Crippen LogP contribution in [0.15, 0.2) is 12.7 Å². The second-order valence-electron chi connectivity index (χ2n) is 0.322. The fraction of sp³-hybridized carbons (Fsp3) is 0. The minimum absolute atomic E-state index is 0. The summed E-state index contributed by atoms with van der Waals surface area (Å²) in [6, 6.07) is 0. The molecule has 0 aliphatic heterocycles. The van der Waals surface area contributed by atoms with Gasteiger partial charge in [-0.2, -0.15) is 0 Å². The van der Waals surface area contributed by atoms with Crippen molar-refractivity contribution in [3.05, 3.63) is 12.7 Å². The fourth-order valence-electron chi connectivity index (χ4n) is 0. The maximum Gasteiger partial charge on any atom is 0 e. The van der Waals surface area contributed by atoms with Crippen LogP contribution in [-0.4, -0.2) is 6.29 Å². The molecule has 0 heterocycles. The molecular weight excluding hydrogens is 236 g/mol. The van der Waals surface area contributed by atoms with Gasteiger partial charge < -0.3 is 4.79 Å². The number of allylic oxidation sites excluding steroid dienone is 1. The number of hydrogen-bond donors (Lipinski definition) is 0. The summed E-state index contributed by atoms with van der Waals surface area (Å²) in [4.78, 5) is 8.93. The first kappa shape index (κ1) is 24.3. The zero-order valence-electron chi connectivity index (χ0n) is 3.58. The van der Waals surface area contributed by atoms with Crippen LogP contribution in [0.2, 0.25) is 0 Å². The number of hydrogen-bond acceptors (Lipinski definition) is 1. The molecule has 0 saturated heterocycles. The second kappa shape index (κ2) is 27.6. The summed E-state index contributed by atoms with van der Waals surface area (Å²) in [6.45, 7) is 3.06. The van der Waals surface area contributed by atoms with E-state index in [4.69, 9.17) is 4.79 Å². The third-order valence-corrected chi connectivity index (χ3v) is 0.0833. The van der Waals surface area contributed by atoms with Crippen molar-refractivity contribution in [3.63, 3.8) is 0 Å². The van der Waals surface area contributed by atoms with E-state index in [1.54, 1.807) is 0 Å². The topological polar surface area (TPSA) is 17.1 Å². The first-order valence-electron chi connectivity index (χ1n) is 0.901. The van der Waals surface area contributed by atoms with Gasteiger partial charge in [-0.1, -0.05) is 0 Å². The maximum atomic E-state index is 8.93. The van der Waals surface area contributed by atoms with Gasteiger partial charge in [0.05, 0.1) is 0 Å². The molecule has 7 heavy (non-hydrogen) atoms. The van der Waals surface area contributed by atoms with Gasteiger partial charge in [-0.25, -0.2) is 12.7 Å². The van der Waals surface area contributed by atoms with Crippen molar-refractivity contribution in [2.45, 2.75) is 0 Å². The standard InChI is InChI=1S/C3H3O.Cu.Mn.Zn/c1-2-3-4;;;/h2H,1H2;;;/q-1;;;. The summed E-state index contributed by atoms with van der Waals surface area (Å²) in [5.41, 5.74) is 0. The van der Waals surface area contributed by atoms with Crippen LogP contribution < -0.4 is 0 Å². The number of carbonyl (C=O) groups excluding carboxylic acids is 1. The van der Waals surface area contributed by atoms with Gasteiger partial charge in [-0.05, 0) is 6.29 Å². The van der Waals surface area contributed by atoms with Gasteiger partial charge >= 0.3 is 0 Å². The molecule has 2 radical (unpaired) electrons. The Labute approximate surface area is 77.0 Å². The van der Waals surface area contributed by atoms with Gasteiger partial charge in [0, 0.05) is 53.6 Å². The van der Waals surface area contributed by atoms with Crippen LogP contribution in [0.5, 0.6) is 0 Å². The molecular formula is C3H3CuMnOZn-. The Morgan fingerprint density at radius 3 is 1.71 bits per heavy atom. The summed E-state index contributed by atoms with van der Waals surface area (Å²) >= 11 is 0. The van der Waals surface area contributed by atoms with E-state index in [0.717, 1.165) is 6.08 Å². The second-order valence-corrected chi connectivity index (χ2v) is 0.322. The zero-order valence-corrected chi connectivity index (χ0v) is 8.67. The van der Waals surface area contributed by atoms with Crippen molar-refractivity contribution >= 4 is 6.29 Å². The minimum Gasteiger partial charge on any atom is -0.419 e. The molecule has 0 amide bonds. The summed E-state index contributed by atoms with van der Waals surface area (Å²) in [5.74, 6) is 0. The van der Waals surface area contributed by atoms with E-state index in [9.17, 15) is 0 Å². The van der Waals surface area contributed by atoms with Crippen LogP contribution in [0.1, 0.15) is 0 Å².